The van der Waals surface area contributed by atoms with Gasteiger partial charge >= 0.3 is 0 Å². The lowest BCUT2D eigenvalue weighted by Gasteiger charge is -2.32. The molecule has 0 radical (unpaired) electrons. The molecular weight excluding hydrogens is 493 g/mol. The Kier molecular flexibility index (Phi) is 9.04. The van der Waals surface area contributed by atoms with Crippen LogP contribution in [0.3, 0.4) is 0 Å². The quantitative estimate of drug-likeness (QED) is 0.428. The van der Waals surface area contributed by atoms with Gasteiger partial charge in [0.2, 0.25) is 11.8 Å². The third-order valence-corrected chi connectivity index (χ3v) is 7.58. The third kappa shape index (κ3) is 7.16. The maximum absolute atomic E-state index is 13.7. The van der Waals surface area contributed by atoms with Gasteiger partial charge in [0.1, 0.15) is 18.4 Å². The van der Waals surface area contributed by atoms with Crippen molar-refractivity contribution in [3.8, 4) is 0 Å². The van der Waals surface area contributed by atoms with Crippen LogP contribution in [0.2, 0.25) is 0 Å². The number of benzene rings is 3. The van der Waals surface area contributed by atoms with Gasteiger partial charge in [-0.2, -0.15) is 0 Å². The Morgan fingerprint density at radius 3 is 2.05 bits per heavy atom. The number of amides is 2. The summed E-state index contributed by atoms with van der Waals surface area (Å²) < 4.78 is 41.9. The first-order valence-electron chi connectivity index (χ1n) is 12.0. The zero-order valence-corrected chi connectivity index (χ0v) is 22.2. The Morgan fingerprint density at radius 2 is 1.49 bits per heavy atom. The van der Waals surface area contributed by atoms with Crippen LogP contribution < -0.4 is 9.62 Å². The molecule has 0 unspecified atom stereocenters. The molecule has 3 rings (SSSR count). The molecular formula is C28H32FN3O4S. The van der Waals surface area contributed by atoms with Crippen molar-refractivity contribution in [2.75, 3.05) is 10.8 Å². The van der Waals surface area contributed by atoms with Crippen LogP contribution in [0.25, 0.3) is 0 Å². The van der Waals surface area contributed by atoms with E-state index in [2.05, 4.69) is 5.32 Å². The lowest BCUT2D eigenvalue weighted by atomic mass is 10.1. The van der Waals surface area contributed by atoms with Crippen molar-refractivity contribution in [1.29, 1.82) is 0 Å². The van der Waals surface area contributed by atoms with Gasteiger partial charge in [-0.25, -0.2) is 12.8 Å². The fraction of sp³-hybridized carbons (Fsp3) is 0.286. The number of hydrogen-bond acceptors (Lipinski definition) is 4. The van der Waals surface area contributed by atoms with Gasteiger partial charge in [-0.3, -0.25) is 13.9 Å². The number of anilines is 1. The summed E-state index contributed by atoms with van der Waals surface area (Å²) in [6.45, 7) is 6.52. The van der Waals surface area contributed by atoms with Crippen molar-refractivity contribution in [3.05, 3.63) is 95.8 Å². The molecule has 3 aromatic rings. The molecule has 9 heteroatoms. The number of sulfonamides is 1. The Labute approximate surface area is 218 Å². The van der Waals surface area contributed by atoms with Gasteiger partial charge in [0.05, 0.1) is 10.6 Å². The fourth-order valence-corrected chi connectivity index (χ4v) is 5.15. The zero-order chi connectivity index (χ0) is 27.2. The van der Waals surface area contributed by atoms with Gasteiger partial charge in [-0.1, -0.05) is 48.0 Å². The van der Waals surface area contributed by atoms with Crippen LogP contribution in [0.5, 0.6) is 0 Å². The largest absolute Gasteiger partial charge is 0.352 e. The van der Waals surface area contributed by atoms with E-state index in [1.807, 2.05) is 20.8 Å². The van der Waals surface area contributed by atoms with Crippen LogP contribution in [0.15, 0.2) is 83.8 Å². The van der Waals surface area contributed by atoms with E-state index < -0.39 is 34.3 Å². The monoisotopic (exact) mass is 525 g/mol. The average molecular weight is 526 g/mol. The minimum Gasteiger partial charge on any atom is -0.352 e. The summed E-state index contributed by atoms with van der Waals surface area (Å²) in [6, 6.07) is 19.3. The molecule has 0 spiro atoms. The number of rotatable bonds is 10. The van der Waals surface area contributed by atoms with Crippen LogP contribution >= 0.6 is 0 Å². The van der Waals surface area contributed by atoms with Crippen LogP contribution in [-0.2, 0) is 26.2 Å². The molecule has 0 aliphatic carbocycles. The highest BCUT2D eigenvalue weighted by Gasteiger charge is 2.32. The molecule has 196 valence electrons. The molecule has 0 fully saturated rings. The molecule has 0 aromatic heterocycles. The SMILES string of the molecule is Cc1ccc(S(=O)(=O)N(CC(=O)N(Cc2ccc(F)cc2)[C@H](C)C(=O)NC(C)C)c2ccccc2)cc1. The van der Waals surface area contributed by atoms with Crippen molar-refractivity contribution in [3.63, 3.8) is 0 Å². The van der Waals surface area contributed by atoms with E-state index in [0.29, 0.717) is 11.3 Å². The molecule has 3 aromatic carbocycles. The summed E-state index contributed by atoms with van der Waals surface area (Å²) in [6.07, 6.45) is 0. The number of halogens is 1. The summed E-state index contributed by atoms with van der Waals surface area (Å²) in [4.78, 5) is 27.9. The molecule has 1 atom stereocenters. The molecule has 0 saturated heterocycles. The molecule has 0 aliphatic heterocycles. The second kappa shape index (κ2) is 12.0. The maximum Gasteiger partial charge on any atom is 0.264 e. The lowest BCUT2D eigenvalue weighted by molar-refractivity contribution is -0.139. The van der Waals surface area contributed by atoms with Crippen LogP contribution in [-0.4, -0.2) is 43.8 Å². The summed E-state index contributed by atoms with van der Waals surface area (Å²) >= 11 is 0. The van der Waals surface area contributed by atoms with E-state index in [0.717, 1.165) is 9.87 Å². The fourth-order valence-electron chi connectivity index (χ4n) is 3.73. The standard InChI is InChI=1S/C28H32FN3O4S/c1-20(2)30-28(34)22(4)31(18-23-12-14-24(29)15-13-23)27(33)19-32(25-8-6-5-7-9-25)37(35,36)26-16-10-21(3)11-17-26/h5-17,20,22H,18-19H2,1-4H3,(H,30,34)/t22-/m1/s1. The summed E-state index contributed by atoms with van der Waals surface area (Å²) in [5.74, 6) is -1.37. The van der Waals surface area contributed by atoms with Crippen LogP contribution in [0, 0.1) is 12.7 Å². The Balaban J connectivity index is 1.99. The lowest BCUT2D eigenvalue weighted by Crippen LogP contribution is -2.52. The third-order valence-electron chi connectivity index (χ3n) is 5.80. The number of hydrogen-bond donors (Lipinski definition) is 1. The van der Waals surface area contributed by atoms with Crippen molar-refractivity contribution in [2.24, 2.45) is 0 Å². The first kappa shape index (κ1) is 27.9. The maximum atomic E-state index is 13.7. The summed E-state index contributed by atoms with van der Waals surface area (Å²) in [5, 5.41) is 2.79. The highest BCUT2D eigenvalue weighted by atomic mass is 32.2. The van der Waals surface area contributed by atoms with E-state index >= 15 is 0 Å². The second-order valence-electron chi connectivity index (χ2n) is 9.15. The molecule has 0 saturated carbocycles. The van der Waals surface area contributed by atoms with Crippen molar-refractivity contribution in [2.45, 2.75) is 51.2 Å². The van der Waals surface area contributed by atoms with Crippen molar-refractivity contribution < 1.29 is 22.4 Å². The Hall–Kier alpha value is -3.72. The topological polar surface area (TPSA) is 86.8 Å². The highest BCUT2D eigenvalue weighted by molar-refractivity contribution is 7.92. The normalized spacial score (nSPS) is 12.2. The summed E-state index contributed by atoms with van der Waals surface area (Å²) in [5.41, 5.74) is 1.82. The van der Waals surface area contributed by atoms with E-state index in [9.17, 15) is 22.4 Å². The van der Waals surface area contributed by atoms with Gasteiger partial charge in [0.25, 0.3) is 10.0 Å². The second-order valence-corrected chi connectivity index (χ2v) is 11.0. The van der Waals surface area contributed by atoms with E-state index in [4.69, 9.17) is 0 Å². The molecule has 0 heterocycles. The molecule has 0 aliphatic rings. The first-order valence-corrected chi connectivity index (χ1v) is 13.4. The van der Waals surface area contributed by atoms with Gasteiger partial charge in [-0.15, -0.1) is 0 Å². The molecule has 7 nitrogen and oxygen atoms in total. The minimum absolute atomic E-state index is 0.000988. The first-order chi connectivity index (χ1) is 17.5. The number of para-hydroxylation sites is 1. The smallest absolute Gasteiger partial charge is 0.264 e. The van der Waals surface area contributed by atoms with Gasteiger partial charge < -0.3 is 10.2 Å². The Morgan fingerprint density at radius 1 is 0.892 bits per heavy atom. The number of nitrogens with zero attached hydrogens (tertiary/aromatic N) is 2. The van der Waals surface area contributed by atoms with Crippen molar-refractivity contribution >= 4 is 27.5 Å². The minimum atomic E-state index is -4.11. The van der Waals surface area contributed by atoms with Crippen LogP contribution in [0.4, 0.5) is 10.1 Å². The van der Waals surface area contributed by atoms with Gasteiger partial charge in [0.15, 0.2) is 0 Å². The predicted molar refractivity (Wildman–Crippen MR) is 142 cm³/mol. The molecule has 2 amide bonds. The Bertz CT molecular complexity index is 1310. The average Bonchev–Trinajstić information content (AvgIpc) is 2.86. The molecule has 1 N–H and O–H groups in total. The van der Waals surface area contributed by atoms with Gasteiger partial charge in [-0.05, 0) is 69.7 Å². The number of nitrogens with one attached hydrogen (secondary N) is 1. The van der Waals surface area contributed by atoms with E-state index in [-0.39, 0.29) is 23.4 Å². The predicted octanol–water partition coefficient (Wildman–Crippen LogP) is 4.27. The van der Waals surface area contributed by atoms with Crippen LogP contribution in [0.1, 0.15) is 31.9 Å². The van der Waals surface area contributed by atoms with Crippen molar-refractivity contribution in [1.82, 2.24) is 10.2 Å². The number of aryl methyl sites for hydroxylation is 1. The highest BCUT2D eigenvalue weighted by Crippen LogP contribution is 2.24. The molecule has 0 bridgehead atoms. The van der Waals surface area contributed by atoms with Gasteiger partial charge in [0, 0.05) is 12.6 Å². The molecule has 37 heavy (non-hydrogen) atoms. The zero-order valence-electron chi connectivity index (χ0n) is 21.4. The number of carbonyl (C=O) groups is 2. The number of carbonyl (C=O) groups excluding carboxylic acids is 2. The summed E-state index contributed by atoms with van der Waals surface area (Å²) in [7, 11) is -4.11. The van der Waals surface area contributed by atoms with E-state index in [1.54, 1.807) is 49.4 Å². The van der Waals surface area contributed by atoms with E-state index in [1.165, 1.54) is 41.3 Å².